The van der Waals surface area contributed by atoms with E-state index in [9.17, 15) is 4.79 Å². The van der Waals surface area contributed by atoms with E-state index >= 15 is 0 Å². The lowest BCUT2D eigenvalue weighted by Crippen LogP contribution is -2.38. The van der Waals surface area contributed by atoms with Crippen molar-refractivity contribution in [3.8, 4) is 0 Å². The molecule has 1 aliphatic heterocycles. The molecule has 3 atom stereocenters. The summed E-state index contributed by atoms with van der Waals surface area (Å²) in [6.45, 7) is 3.51. The highest BCUT2D eigenvalue weighted by Gasteiger charge is 2.53. The Bertz CT molecular complexity index is 195. The zero-order chi connectivity index (χ0) is 8.72. The molecule has 3 N–H and O–H groups in total. The van der Waals surface area contributed by atoms with Gasteiger partial charge in [0.05, 0.1) is 0 Å². The van der Waals surface area contributed by atoms with Crippen LogP contribution in [0.25, 0.3) is 0 Å². The lowest BCUT2D eigenvalue weighted by molar-refractivity contribution is -0.128. The molecule has 12 heavy (non-hydrogen) atoms. The number of piperidine rings is 1. The average molecular weight is 170 g/mol. The number of hydrogen-bond donors (Lipinski definition) is 3. The number of aliphatic hydroxyl groups is 1. The molecule has 2 aliphatic rings. The van der Waals surface area contributed by atoms with E-state index in [-0.39, 0.29) is 5.91 Å². The predicted octanol–water partition coefficient (Wildman–Crippen LogP) is -1.30. The van der Waals surface area contributed by atoms with Crippen LogP contribution in [0.4, 0.5) is 0 Å². The van der Waals surface area contributed by atoms with Crippen molar-refractivity contribution in [2.75, 3.05) is 13.1 Å². The summed E-state index contributed by atoms with van der Waals surface area (Å²) in [6.07, 6.45) is -0.876. The van der Waals surface area contributed by atoms with Crippen LogP contribution in [0.1, 0.15) is 6.92 Å². The minimum Gasteiger partial charge on any atom is -0.384 e. The topological polar surface area (TPSA) is 61.4 Å². The number of hydrogen-bond acceptors (Lipinski definition) is 3. The Morgan fingerprint density at radius 2 is 2.17 bits per heavy atom. The Morgan fingerprint density at radius 1 is 1.58 bits per heavy atom. The van der Waals surface area contributed by atoms with Crippen molar-refractivity contribution in [3.05, 3.63) is 0 Å². The Balaban J connectivity index is 1.79. The van der Waals surface area contributed by atoms with Gasteiger partial charge in [-0.2, -0.15) is 0 Å². The molecule has 1 aliphatic carbocycles. The van der Waals surface area contributed by atoms with Gasteiger partial charge in [0.2, 0.25) is 5.91 Å². The van der Waals surface area contributed by atoms with Crippen LogP contribution in [0, 0.1) is 11.8 Å². The molecule has 1 saturated heterocycles. The molecular weight excluding hydrogens is 156 g/mol. The number of rotatable bonds is 2. The second kappa shape index (κ2) is 2.71. The lowest BCUT2D eigenvalue weighted by atomic mass is 10.3. The summed E-state index contributed by atoms with van der Waals surface area (Å²) in [5.41, 5.74) is 0. The van der Waals surface area contributed by atoms with Crippen LogP contribution in [0.5, 0.6) is 0 Å². The highest BCUT2D eigenvalue weighted by molar-refractivity contribution is 5.80. The quantitative estimate of drug-likeness (QED) is 0.483. The molecule has 0 radical (unpaired) electrons. The molecule has 2 rings (SSSR count). The Hall–Kier alpha value is -0.610. The van der Waals surface area contributed by atoms with Crippen LogP contribution in [-0.2, 0) is 4.79 Å². The SMILES string of the molecule is C[C@H](O)C(=O)NC1C2CNCC21. The van der Waals surface area contributed by atoms with Crippen molar-refractivity contribution in [3.63, 3.8) is 0 Å². The maximum Gasteiger partial charge on any atom is 0.248 e. The third-order valence-electron chi connectivity index (χ3n) is 2.78. The standard InChI is InChI=1S/C8H14N2O2/c1-4(11)8(12)10-7-5-2-9-3-6(5)7/h4-7,9,11H,2-3H2,1H3,(H,10,12)/t4-,5?,6?,7?/m0/s1. The molecule has 1 saturated carbocycles. The van der Waals surface area contributed by atoms with Crippen LogP contribution >= 0.6 is 0 Å². The molecule has 0 bridgehead atoms. The molecule has 0 aromatic heterocycles. The number of nitrogens with one attached hydrogen (secondary N) is 2. The smallest absolute Gasteiger partial charge is 0.248 e. The third kappa shape index (κ3) is 1.21. The first-order chi connectivity index (χ1) is 5.70. The van der Waals surface area contributed by atoms with Crippen molar-refractivity contribution in [2.24, 2.45) is 11.8 Å². The second-order valence-electron chi connectivity index (χ2n) is 3.70. The first-order valence-corrected chi connectivity index (χ1v) is 4.39. The number of carbonyl (C=O) groups is 1. The summed E-state index contributed by atoms with van der Waals surface area (Å²) in [5.74, 6) is 0.995. The van der Waals surface area contributed by atoms with Crippen molar-refractivity contribution in [2.45, 2.75) is 19.1 Å². The third-order valence-corrected chi connectivity index (χ3v) is 2.78. The van der Waals surface area contributed by atoms with Crippen molar-refractivity contribution < 1.29 is 9.90 Å². The highest BCUT2D eigenvalue weighted by Crippen LogP contribution is 2.41. The molecule has 1 amide bonds. The minimum absolute atomic E-state index is 0.241. The molecular formula is C8H14N2O2. The van der Waals surface area contributed by atoms with E-state index in [0.717, 1.165) is 13.1 Å². The van der Waals surface area contributed by atoms with Gasteiger partial charge in [0.1, 0.15) is 6.10 Å². The van der Waals surface area contributed by atoms with Gasteiger partial charge in [-0.05, 0) is 18.8 Å². The number of fused-ring (bicyclic) bond motifs is 1. The van der Waals surface area contributed by atoms with Gasteiger partial charge in [0.25, 0.3) is 0 Å². The van der Waals surface area contributed by atoms with Gasteiger partial charge in [-0.3, -0.25) is 4.79 Å². The molecule has 2 fully saturated rings. The second-order valence-corrected chi connectivity index (χ2v) is 3.70. The van der Waals surface area contributed by atoms with E-state index in [1.54, 1.807) is 0 Å². The Labute approximate surface area is 71.3 Å². The number of aliphatic hydroxyl groups excluding tert-OH is 1. The van der Waals surface area contributed by atoms with Crippen LogP contribution < -0.4 is 10.6 Å². The van der Waals surface area contributed by atoms with Gasteiger partial charge >= 0.3 is 0 Å². The number of amides is 1. The summed E-state index contributed by atoms with van der Waals surface area (Å²) in [5, 5.41) is 15.0. The largest absolute Gasteiger partial charge is 0.384 e. The zero-order valence-electron chi connectivity index (χ0n) is 7.08. The molecule has 4 nitrogen and oxygen atoms in total. The van der Waals surface area contributed by atoms with Gasteiger partial charge in [-0.1, -0.05) is 0 Å². The maximum atomic E-state index is 11.0. The molecule has 0 spiro atoms. The fourth-order valence-corrected chi connectivity index (χ4v) is 1.92. The van der Waals surface area contributed by atoms with Crippen molar-refractivity contribution >= 4 is 5.91 Å². The van der Waals surface area contributed by atoms with E-state index in [1.807, 2.05) is 0 Å². The molecule has 0 aromatic rings. The summed E-state index contributed by atoms with van der Waals surface area (Å²) in [6, 6.07) is 0.327. The summed E-state index contributed by atoms with van der Waals surface area (Å²) < 4.78 is 0. The fourth-order valence-electron chi connectivity index (χ4n) is 1.92. The first-order valence-electron chi connectivity index (χ1n) is 4.39. The monoisotopic (exact) mass is 170 g/mol. The van der Waals surface area contributed by atoms with Gasteiger partial charge in [0, 0.05) is 19.1 Å². The van der Waals surface area contributed by atoms with Gasteiger partial charge in [0.15, 0.2) is 0 Å². The van der Waals surface area contributed by atoms with E-state index in [1.165, 1.54) is 6.92 Å². The fraction of sp³-hybridized carbons (Fsp3) is 0.875. The van der Waals surface area contributed by atoms with E-state index in [0.29, 0.717) is 17.9 Å². The van der Waals surface area contributed by atoms with E-state index < -0.39 is 6.10 Å². The molecule has 68 valence electrons. The first kappa shape index (κ1) is 8.01. The van der Waals surface area contributed by atoms with Crippen LogP contribution in [-0.4, -0.2) is 36.2 Å². The summed E-state index contributed by atoms with van der Waals surface area (Å²) in [7, 11) is 0. The molecule has 0 aromatic carbocycles. The van der Waals surface area contributed by atoms with Crippen LogP contribution in [0.2, 0.25) is 0 Å². The normalized spacial score (nSPS) is 40.3. The Kier molecular flexibility index (Phi) is 1.81. The molecule has 1 heterocycles. The zero-order valence-corrected chi connectivity index (χ0v) is 7.08. The Morgan fingerprint density at radius 3 is 2.67 bits per heavy atom. The molecule has 2 unspecified atom stereocenters. The van der Waals surface area contributed by atoms with Crippen LogP contribution in [0.15, 0.2) is 0 Å². The van der Waals surface area contributed by atoms with Crippen molar-refractivity contribution in [1.82, 2.24) is 10.6 Å². The van der Waals surface area contributed by atoms with Gasteiger partial charge in [-0.15, -0.1) is 0 Å². The highest BCUT2D eigenvalue weighted by atomic mass is 16.3. The van der Waals surface area contributed by atoms with E-state index in [4.69, 9.17) is 5.11 Å². The summed E-state index contributed by atoms with van der Waals surface area (Å²) in [4.78, 5) is 11.0. The van der Waals surface area contributed by atoms with E-state index in [2.05, 4.69) is 10.6 Å². The van der Waals surface area contributed by atoms with Crippen molar-refractivity contribution in [1.29, 1.82) is 0 Å². The predicted molar refractivity (Wildman–Crippen MR) is 43.5 cm³/mol. The minimum atomic E-state index is -0.876. The summed E-state index contributed by atoms with van der Waals surface area (Å²) >= 11 is 0. The van der Waals surface area contributed by atoms with Gasteiger partial charge in [-0.25, -0.2) is 0 Å². The maximum absolute atomic E-state index is 11.0. The van der Waals surface area contributed by atoms with Crippen LogP contribution in [0.3, 0.4) is 0 Å². The number of carbonyl (C=O) groups excluding carboxylic acids is 1. The van der Waals surface area contributed by atoms with Gasteiger partial charge < -0.3 is 15.7 Å². The average Bonchev–Trinajstić information content (AvgIpc) is 2.46. The lowest BCUT2D eigenvalue weighted by Gasteiger charge is -2.08. The molecule has 4 heteroatoms.